The summed E-state index contributed by atoms with van der Waals surface area (Å²) in [7, 11) is 0. The second-order valence-corrected chi connectivity index (χ2v) is 3.79. The van der Waals surface area contributed by atoms with Gasteiger partial charge in [-0.15, -0.1) is 6.42 Å². The zero-order valence-corrected chi connectivity index (χ0v) is 9.08. The molecular weight excluding hydrogens is 192 g/mol. The molecule has 0 aliphatic carbocycles. The zero-order valence-electron chi connectivity index (χ0n) is 9.08. The Hall–Kier alpha value is -1.05. The van der Waals surface area contributed by atoms with Crippen molar-refractivity contribution in [2.45, 2.75) is 19.4 Å². The van der Waals surface area contributed by atoms with Gasteiger partial charge in [0.05, 0.1) is 19.7 Å². The number of hydrogen-bond acceptors (Lipinski definition) is 3. The summed E-state index contributed by atoms with van der Waals surface area (Å²) in [5.41, 5.74) is 0. The number of carbonyl (C=O) groups is 1. The highest BCUT2D eigenvalue weighted by Crippen LogP contribution is 2.15. The Morgan fingerprint density at radius 2 is 2.53 bits per heavy atom. The number of carbonyl (C=O) groups excluding carboxylic acids is 1. The number of hydrogen-bond donors (Lipinski definition) is 2. The molecule has 2 unspecified atom stereocenters. The van der Waals surface area contributed by atoms with Gasteiger partial charge in [0.1, 0.15) is 0 Å². The average Bonchev–Trinajstić information content (AvgIpc) is 2.70. The average molecular weight is 210 g/mol. The third-order valence-electron chi connectivity index (χ3n) is 2.57. The van der Waals surface area contributed by atoms with Crippen LogP contribution in [0.15, 0.2) is 0 Å². The summed E-state index contributed by atoms with van der Waals surface area (Å²) < 4.78 is 5.26. The Morgan fingerprint density at radius 3 is 3.13 bits per heavy atom. The molecule has 0 radical (unpaired) electrons. The minimum absolute atomic E-state index is 0.00958. The normalized spacial score (nSPS) is 22.0. The lowest BCUT2D eigenvalue weighted by Gasteiger charge is -2.19. The highest BCUT2D eigenvalue weighted by molar-refractivity contribution is 5.78. The van der Waals surface area contributed by atoms with Crippen molar-refractivity contribution in [1.82, 2.24) is 10.6 Å². The van der Waals surface area contributed by atoms with Crippen molar-refractivity contribution in [3.05, 3.63) is 0 Å². The van der Waals surface area contributed by atoms with Gasteiger partial charge in [0.2, 0.25) is 5.91 Å². The van der Waals surface area contributed by atoms with Gasteiger partial charge in [-0.1, -0.05) is 5.92 Å². The molecule has 1 rings (SSSR count). The van der Waals surface area contributed by atoms with Crippen molar-refractivity contribution in [2.75, 3.05) is 26.3 Å². The standard InChI is InChI=1S/C11H18N2O2/c1-3-5-12-7-11(14)13-9(2)10-4-6-15-8-10/h1,9-10,12H,4-8H2,2H3,(H,13,14). The Morgan fingerprint density at radius 1 is 1.73 bits per heavy atom. The van der Waals surface area contributed by atoms with E-state index >= 15 is 0 Å². The van der Waals surface area contributed by atoms with Gasteiger partial charge in [-0.05, 0) is 13.3 Å². The Kier molecular flexibility index (Phi) is 5.16. The van der Waals surface area contributed by atoms with Gasteiger partial charge in [-0.2, -0.15) is 0 Å². The third kappa shape index (κ3) is 4.32. The van der Waals surface area contributed by atoms with Gasteiger partial charge in [0.25, 0.3) is 0 Å². The molecule has 0 aromatic carbocycles. The maximum Gasteiger partial charge on any atom is 0.234 e. The maximum atomic E-state index is 11.4. The van der Waals surface area contributed by atoms with Crippen molar-refractivity contribution in [1.29, 1.82) is 0 Å². The fourth-order valence-corrected chi connectivity index (χ4v) is 1.62. The second-order valence-electron chi connectivity index (χ2n) is 3.79. The number of ether oxygens (including phenoxy) is 1. The predicted octanol–water partition coefficient (Wildman–Crippen LogP) is -0.250. The fourth-order valence-electron chi connectivity index (χ4n) is 1.62. The lowest BCUT2D eigenvalue weighted by molar-refractivity contribution is -0.121. The molecule has 2 N–H and O–H groups in total. The van der Waals surface area contributed by atoms with E-state index < -0.39 is 0 Å². The molecule has 4 nitrogen and oxygen atoms in total. The zero-order chi connectivity index (χ0) is 11.1. The van der Waals surface area contributed by atoms with Crippen LogP contribution in [0.2, 0.25) is 0 Å². The SMILES string of the molecule is C#CCNCC(=O)NC(C)C1CCOC1. The number of nitrogens with one attached hydrogen (secondary N) is 2. The van der Waals surface area contributed by atoms with E-state index in [4.69, 9.17) is 11.2 Å². The molecule has 0 bridgehead atoms. The van der Waals surface area contributed by atoms with Crippen LogP contribution in [0.1, 0.15) is 13.3 Å². The van der Waals surface area contributed by atoms with Crippen LogP contribution in [-0.4, -0.2) is 38.3 Å². The van der Waals surface area contributed by atoms with E-state index in [0.29, 0.717) is 12.5 Å². The molecule has 0 aromatic heterocycles. The molecule has 1 aliphatic heterocycles. The van der Waals surface area contributed by atoms with E-state index in [2.05, 4.69) is 16.6 Å². The molecule has 1 heterocycles. The van der Waals surface area contributed by atoms with Crippen molar-refractivity contribution in [3.63, 3.8) is 0 Å². The first-order valence-electron chi connectivity index (χ1n) is 5.25. The van der Waals surface area contributed by atoms with Crippen LogP contribution in [0, 0.1) is 18.3 Å². The largest absolute Gasteiger partial charge is 0.381 e. The van der Waals surface area contributed by atoms with Gasteiger partial charge < -0.3 is 10.1 Å². The Balaban J connectivity index is 2.16. The number of terminal acetylenes is 1. The summed E-state index contributed by atoms with van der Waals surface area (Å²) in [5, 5.41) is 5.78. The molecule has 1 aliphatic rings. The summed E-state index contributed by atoms with van der Waals surface area (Å²) >= 11 is 0. The van der Waals surface area contributed by atoms with E-state index in [1.54, 1.807) is 0 Å². The lowest BCUT2D eigenvalue weighted by atomic mass is 10.0. The molecule has 0 aromatic rings. The molecule has 15 heavy (non-hydrogen) atoms. The molecule has 0 spiro atoms. The highest BCUT2D eigenvalue weighted by atomic mass is 16.5. The summed E-state index contributed by atoms with van der Waals surface area (Å²) in [6.45, 7) is 4.27. The Bertz CT molecular complexity index is 241. The van der Waals surface area contributed by atoms with Gasteiger partial charge in [-0.3, -0.25) is 10.1 Å². The van der Waals surface area contributed by atoms with Gasteiger partial charge in [0.15, 0.2) is 0 Å². The molecule has 1 amide bonds. The summed E-state index contributed by atoms with van der Waals surface area (Å²) in [6, 6.07) is 0.174. The highest BCUT2D eigenvalue weighted by Gasteiger charge is 2.23. The van der Waals surface area contributed by atoms with Crippen molar-refractivity contribution >= 4 is 5.91 Å². The minimum Gasteiger partial charge on any atom is -0.381 e. The maximum absolute atomic E-state index is 11.4. The van der Waals surface area contributed by atoms with Crippen LogP contribution < -0.4 is 10.6 Å². The molecule has 0 saturated carbocycles. The molecule has 2 atom stereocenters. The predicted molar refractivity (Wildman–Crippen MR) is 58.2 cm³/mol. The molecular formula is C11H18N2O2. The third-order valence-corrected chi connectivity index (χ3v) is 2.57. The summed E-state index contributed by atoms with van der Waals surface area (Å²) in [5.74, 6) is 2.86. The molecule has 1 saturated heterocycles. The first-order valence-corrected chi connectivity index (χ1v) is 5.25. The van der Waals surface area contributed by atoms with Crippen LogP contribution in [0.5, 0.6) is 0 Å². The van der Waals surface area contributed by atoms with E-state index in [1.807, 2.05) is 6.92 Å². The van der Waals surface area contributed by atoms with Crippen molar-refractivity contribution in [2.24, 2.45) is 5.92 Å². The van der Waals surface area contributed by atoms with E-state index in [9.17, 15) is 4.79 Å². The quantitative estimate of drug-likeness (QED) is 0.486. The smallest absolute Gasteiger partial charge is 0.234 e. The monoisotopic (exact) mass is 210 g/mol. The number of rotatable bonds is 5. The van der Waals surface area contributed by atoms with E-state index in [1.165, 1.54) is 0 Å². The lowest BCUT2D eigenvalue weighted by Crippen LogP contribution is -2.42. The molecule has 1 fully saturated rings. The van der Waals surface area contributed by atoms with E-state index in [0.717, 1.165) is 19.6 Å². The van der Waals surface area contributed by atoms with Crippen LogP contribution in [-0.2, 0) is 9.53 Å². The van der Waals surface area contributed by atoms with Crippen molar-refractivity contribution in [3.8, 4) is 12.3 Å². The molecule has 4 heteroatoms. The van der Waals surface area contributed by atoms with Crippen LogP contribution in [0.25, 0.3) is 0 Å². The second kappa shape index (κ2) is 6.44. The minimum atomic E-state index is -0.00958. The van der Waals surface area contributed by atoms with Gasteiger partial charge >= 0.3 is 0 Å². The summed E-state index contributed by atoms with van der Waals surface area (Å²) in [6.07, 6.45) is 6.08. The number of amides is 1. The fraction of sp³-hybridized carbons (Fsp3) is 0.727. The van der Waals surface area contributed by atoms with E-state index in [-0.39, 0.29) is 18.5 Å². The Labute approximate surface area is 90.8 Å². The topological polar surface area (TPSA) is 50.4 Å². The first kappa shape index (κ1) is 12.0. The summed E-state index contributed by atoms with van der Waals surface area (Å²) in [4.78, 5) is 11.4. The van der Waals surface area contributed by atoms with Crippen LogP contribution >= 0.6 is 0 Å². The molecule has 84 valence electrons. The van der Waals surface area contributed by atoms with Gasteiger partial charge in [0, 0.05) is 18.6 Å². The van der Waals surface area contributed by atoms with Gasteiger partial charge in [-0.25, -0.2) is 0 Å². The van der Waals surface area contributed by atoms with Crippen molar-refractivity contribution < 1.29 is 9.53 Å². The first-order chi connectivity index (χ1) is 7.24. The van der Waals surface area contributed by atoms with Crippen LogP contribution in [0.3, 0.4) is 0 Å². The van der Waals surface area contributed by atoms with Crippen LogP contribution in [0.4, 0.5) is 0 Å².